The first-order valence-corrected chi connectivity index (χ1v) is 10.6. The first-order valence-electron chi connectivity index (χ1n) is 10.6. The minimum Gasteiger partial charge on any atom is -0.426 e. The van der Waals surface area contributed by atoms with E-state index in [1.54, 1.807) is 0 Å². The van der Waals surface area contributed by atoms with Crippen molar-refractivity contribution in [3.63, 3.8) is 0 Å². The Morgan fingerprint density at radius 3 is 1.55 bits per heavy atom. The lowest BCUT2D eigenvalue weighted by Gasteiger charge is -2.28. The number of hydrogen-bond donors (Lipinski definition) is 0. The molecule has 0 amide bonds. The zero-order valence-corrected chi connectivity index (χ0v) is 18.4. The molecule has 0 saturated carbocycles. The molecule has 2 saturated heterocycles. The predicted octanol–water partition coefficient (Wildman–Crippen LogP) is 3.75. The summed E-state index contributed by atoms with van der Waals surface area (Å²) in [5.41, 5.74) is 3.82. The Labute approximate surface area is 182 Å². The van der Waals surface area contributed by atoms with Crippen molar-refractivity contribution in [1.82, 2.24) is 0 Å². The molecule has 2 aliphatic heterocycles. The molecule has 2 unspecified atom stereocenters. The Morgan fingerprint density at radius 1 is 0.839 bits per heavy atom. The van der Waals surface area contributed by atoms with Crippen molar-refractivity contribution in [3.05, 3.63) is 58.7 Å². The molecule has 6 heteroatoms. The van der Waals surface area contributed by atoms with Crippen molar-refractivity contribution < 1.29 is 28.5 Å². The molecule has 2 aromatic rings. The van der Waals surface area contributed by atoms with Gasteiger partial charge in [0.25, 0.3) is 0 Å². The fraction of sp³-hybridized carbons (Fsp3) is 0.440. The molecule has 0 spiro atoms. The SMILES string of the molecule is CC(=O)Oc1ccc(C(C)(C)c2ccc(OC(C)=O)c(CC3CO3)c2)cc1CC1CO1. The van der Waals surface area contributed by atoms with E-state index < -0.39 is 0 Å². The highest BCUT2D eigenvalue weighted by molar-refractivity contribution is 5.70. The summed E-state index contributed by atoms with van der Waals surface area (Å²) in [6.07, 6.45) is 1.78. The quantitative estimate of drug-likeness (QED) is 0.365. The number of carbonyl (C=O) groups excluding carboxylic acids is 2. The third kappa shape index (κ3) is 5.32. The number of epoxide rings is 2. The molecule has 2 fully saturated rings. The zero-order valence-electron chi connectivity index (χ0n) is 18.4. The van der Waals surface area contributed by atoms with E-state index in [-0.39, 0.29) is 29.6 Å². The van der Waals surface area contributed by atoms with E-state index >= 15 is 0 Å². The molecular weight excluding hydrogens is 396 g/mol. The van der Waals surface area contributed by atoms with Gasteiger partial charge in [0.05, 0.1) is 25.4 Å². The van der Waals surface area contributed by atoms with Gasteiger partial charge < -0.3 is 18.9 Å². The molecule has 0 aromatic heterocycles. The Morgan fingerprint density at radius 2 is 1.23 bits per heavy atom. The van der Waals surface area contributed by atoms with Gasteiger partial charge in [-0.15, -0.1) is 0 Å². The van der Waals surface area contributed by atoms with E-state index in [2.05, 4.69) is 26.0 Å². The third-order valence-electron chi connectivity index (χ3n) is 5.77. The van der Waals surface area contributed by atoms with Gasteiger partial charge >= 0.3 is 11.9 Å². The topological polar surface area (TPSA) is 77.7 Å². The summed E-state index contributed by atoms with van der Waals surface area (Å²) >= 11 is 0. The maximum atomic E-state index is 11.5. The van der Waals surface area contributed by atoms with Gasteiger partial charge in [0, 0.05) is 32.1 Å². The molecule has 0 aliphatic carbocycles. The van der Waals surface area contributed by atoms with Gasteiger partial charge in [0.15, 0.2) is 0 Å². The fourth-order valence-corrected chi connectivity index (χ4v) is 3.79. The number of ether oxygens (including phenoxy) is 4. The number of benzene rings is 2. The van der Waals surface area contributed by atoms with Crippen LogP contribution < -0.4 is 9.47 Å². The first kappa shape index (κ1) is 21.5. The van der Waals surface area contributed by atoms with Crippen LogP contribution in [0.5, 0.6) is 11.5 Å². The van der Waals surface area contributed by atoms with E-state index in [4.69, 9.17) is 18.9 Å². The molecule has 0 N–H and O–H groups in total. The van der Waals surface area contributed by atoms with Crippen LogP contribution in [-0.2, 0) is 37.3 Å². The van der Waals surface area contributed by atoms with Crippen LogP contribution in [0.3, 0.4) is 0 Å². The molecule has 2 atom stereocenters. The number of rotatable bonds is 8. The van der Waals surface area contributed by atoms with Crippen LogP contribution in [0, 0.1) is 0 Å². The van der Waals surface area contributed by atoms with Crippen LogP contribution in [0.15, 0.2) is 36.4 Å². The van der Waals surface area contributed by atoms with Crippen LogP contribution in [0.2, 0.25) is 0 Å². The maximum absolute atomic E-state index is 11.5. The standard InChI is InChI=1S/C25H28O6/c1-15(26)30-23-7-5-19(9-17(23)11-21-13-28-21)25(3,4)20-6-8-24(31-16(2)27)18(10-20)12-22-14-29-22/h5-10,21-22H,11-14H2,1-4H3. The molecule has 6 nitrogen and oxygen atoms in total. The maximum Gasteiger partial charge on any atom is 0.308 e. The Balaban J connectivity index is 1.67. The van der Waals surface area contributed by atoms with Gasteiger partial charge in [-0.1, -0.05) is 38.1 Å². The Hall–Kier alpha value is -2.70. The Kier molecular flexibility index (Phi) is 5.86. The third-order valence-corrected chi connectivity index (χ3v) is 5.77. The van der Waals surface area contributed by atoms with Crippen LogP contribution in [-0.4, -0.2) is 37.4 Å². The molecule has 164 valence electrons. The summed E-state index contributed by atoms with van der Waals surface area (Å²) < 4.78 is 21.6. The molecule has 2 heterocycles. The molecule has 0 bridgehead atoms. The number of esters is 2. The highest BCUT2D eigenvalue weighted by Gasteiger charge is 2.30. The van der Waals surface area contributed by atoms with Crippen LogP contribution in [0.25, 0.3) is 0 Å². The fourth-order valence-electron chi connectivity index (χ4n) is 3.79. The normalized spacial score (nSPS) is 19.6. The van der Waals surface area contributed by atoms with Crippen molar-refractivity contribution in [1.29, 1.82) is 0 Å². The molecule has 31 heavy (non-hydrogen) atoms. The molecule has 4 rings (SSSR count). The van der Waals surface area contributed by atoms with Gasteiger partial charge in [0.2, 0.25) is 0 Å². The second kappa shape index (κ2) is 8.44. The van der Waals surface area contributed by atoms with Gasteiger partial charge in [-0.2, -0.15) is 0 Å². The molecule has 0 radical (unpaired) electrons. The van der Waals surface area contributed by atoms with Gasteiger partial charge in [0.1, 0.15) is 11.5 Å². The minimum absolute atomic E-state index is 0.181. The summed E-state index contributed by atoms with van der Waals surface area (Å²) in [7, 11) is 0. The molecular formula is C25H28O6. The highest BCUT2D eigenvalue weighted by atomic mass is 16.6. The van der Waals surface area contributed by atoms with Crippen LogP contribution in [0.4, 0.5) is 0 Å². The zero-order chi connectivity index (χ0) is 22.2. The van der Waals surface area contributed by atoms with E-state index in [0.717, 1.165) is 35.5 Å². The van der Waals surface area contributed by atoms with Crippen molar-refractivity contribution >= 4 is 11.9 Å². The minimum atomic E-state index is -0.335. The van der Waals surface area contributed by atoms with Gasteiger partial charge in [-0.05, 0) is 34.4 Å². The summed E-state index contributed by atoms with van der Waals surface area (Å²) in [5, 5.41) is 0. The Bertz CT molecular complexity index is 922. The summed E-state index contributed by atoms with van der Waals surface area (Å²) in [4.78, 5) is 23.0. The second-order valence-corrected chi connectivity index (χ2v) is 8.78. The van der Waals surface area contributed by atoms with Gasteiger partial charge in [-0.25, -0.2) is 0 Å². The monoisotopic (exact) mass is 424 g/mol. The summed E-state index contributed by atoms with van der Waals surface area (Å²) in [5.74, 6) is 0.495. The van der Waals surface area contributed by atoms with E-state index in [9.17, 15) is 9.59 Å². The first-order chi connectivity index (χ1) is 14.7. The number of hydrogen-bond acceptors (Lipinski definition) is 6. The van der Waals surface area contributed by atoms with E-state index in [1.807, 2.05) is 24.3 Å². The van der Waals surface area contributed by atoms with Crippen molar-refractivity contribution in [2.45, 2.75) is 58.2 Å². The largest absolute Gasteiger partial charge is 0.426 e. The summed E-state index contributed by atoms with van der Waals surface area (Å²) in [6.45, 7) is 8.59. The predicted molar refractivity (Wildman–Crippen MR) is 115 cm³/mol. The number of carbonyl (C=O) groups is 2. The lowest BCUT2D eigenvalue weighted by atomic mass is 9.76. The average molecular weight is 424 g/mol. The highest BCUT2D eigenvalue weighted by Crippen LogP contribution is 2.38. The second-order valence-electron chi connectivity index (χ2n) is 8.78. The van der Waals surface area contributed by atoms with Crippen molar-refractivity contribution in [2.24, 2.45) is 0 Å². The summed E-state index contributed by atoms with van der Waals surface area (Å²) in [6, 6.07) is 11.9. The average Bonchev–Trinajstić information content (AvgIpc) is 3.60. The van der Waals surface area contributed by atoms with Gasteiger partial charge in [-0.3, -0.25) is 9.59 Å². The lowest BCUT2D eigenvalue weighted by molar-refractivity contribution is -0.132. The van der Waals surface area contributed by atoms with Crippen molar-refractivity contribution in [3.8, 4) is 11.5 Å². The van der Waals surface area contributed by atoms with Crippen molar-refractivity contribution in [2.75, 3.05) is 13.2 Å². The lowest BCUT2D eigenvalue weighted by Crippen LogP contribution is -2.20. The van der Waals surface area contributed by atoms with E-state index in [1.165, 1.54) is 13.8 Å². The van der Waals surface area contributed by atoms with E-state index in [0.29, 0.717) is 24.3 Å². The smallest absolute Gasteiger partial charge is 0.308 e. The molecule has 2 aliphatic rings. The molecule has 2 aromatic carbocycles. The van der Waals surface area contributed by atoms with Crippen LogP contribution in [0.1, 0.15) is 49.9 Å². The van der Waals surface area contributed by atoms with Crippen LogP contribution >= 0.6 is 0 Å².